The van der Waals surface area contributed by atoms with Gasteiger partial charge >= 0.3 is 0 Å². The third kappa shape index (κ3) is 2.34. The molecule has 0 aromatic heterocycles. The van der Waals surface area contributed by atoms with Gasteiger partial charge < -0.3 is 0 Å². The van der Waals surface area contributed by atoms with Crippen molar-refractivity contribution in [2.24, 2.45) is 4.99 Å². The van der Waals surface area contributed by atoms with Gasteiger partial charge in [-0.1, -0.05) is 37.1 Å². The lowest BCUT2D eigenvalue weighted by Crippen LogP contribution is -2.18. The molecule has 1 heteroatoms. The van der Waals surface area contributed by atoms with E-state index in [1.54, 1.807) is 0 Å². The summed E-state index contributed by atoms with van der Waals surface area (Å²) < 4.78 is 0. The number of unbranched alkanes of at least 4 members (excludes halogenated alkanes) is 1. The average molecular weight is 215 g/mol. The highest BCUT2D eigenvalue weighted by Gasteiger charge is 2.17. The van der Waals surface area contributed by atoms with Crippen LogP contribution >= 0.6 is 0 Å². The molecule has 0 N–H and O–H groups in total. The molecular formula is C15H21N. The van der Waals surface area contributed by atoms with Crippen molar-refractivity contribution < 1.29 is 0 Å². The highest BCUT2D eigenvalue weighted by Crippen LogP contribution is 2.23. The summed E-state index contributed by atoms with van der Waals surface area (Å²) in [6, 6.07) is 7.24. The predicted octanol–water partition coefficient (Wildman–Crippen LogP) is 3.92. The first-order valence-corrected chi connectivity index (χ1v) is 6.37. The monoisotopic (exact) mass is 215 g/mol. The molecule has 1 aliphatic rings. The van der Waals surface area contributed by atoms with Gasteiger partial charge in [0.25, 0.3) is 0 Å². The Bertz CT molecular complexity index is 404. The maximum Gasteiger partial charge on any atom is 0.0515 e. The van der Waals surface area contributed by atoms with Crippen LogP contribution in [0.3, 0.4) is 0 Å². The number of rotatable bonds is 3. The van der Waals surface area contributed by atoms with Crippen molar-refractivity contribution in [3.8, 4) is 0 Å². The van der Waals surface area contributed by atoms with Crippen LogP contribution in [-0.2, 0) is 6.42 Å². The van der Waals surface area contributed by atoms with Crippen LogP contribution in [0.15, 0.2) is 23.2 Å². The van der Waals surface area contributed by atoms with E-state index in [2.05, 4.69) is 39.0 Å². The molecule has 1 aromatic rings. The molecule has 0 amide bonds. The highest BCUT2D eigenvalue weighted by molar-refractivity contribution is 6.02. The standard InChI is InChI=1S/C15H21N/c1-4-5-6-15-14-8-7-11(2)9-13(14)10-12(3)16-15/h7-9,12H,4-6,10H2,1-3H3. The lowest BCUT2D eigenvalue weighted by Gasteiger charge is -2.21. The molecule has 0 bridgehead atoms. The van der Waals surface area contributed by atoms with Crippen LogP contribution in [0.25, 0.3) is 0 Å². The van der Waals surface area contributed by atoms with E-state index in [9.17, 15) is 0 Å². The molecule has 0 saturated heterocycles. The average Bonchev–Trinajstić information content (AvgIpc) is 2.25. The minimum atomic E-state index is 0.459. The first-order chi connectivity index (χ1) is 7.70. The molecule has 1 aliphatic heterocycles. The lowest BCUT2D eigenvalue weighted by molar-refractivity contribution is 0.714. The van der Waals surface area contributed by atoms with Crippen molar-refractivity contribution in [2.45, 2.75) is 52.5 Å². The topological polar surface area (TPSA) is 12.4 Å². The molecule has 16 heavy (non-hydrogen) atoms. The quantitative estimate of drug-likeness (QED) is 0.724. The van der Waals surface area contributed by atoms with Crippen LogP contribution in [0.4, 0.5) is 0 Å². The zero-order chi connectivity index (χ0) is 11.5. The van der Waals surface area contributed by atoms with Crippen LogP contribution in [0.2, 0.25) is 0 Å². The molecular weight excluding hydrogens is 194 g/mol. The fourth-order valence-corrected chi connectivity index (χ4v) is 2.42. The summed E-state index contributed by atoms with van der Waals surface area (Å²) in [5.41, 5.74) is 5.59. The summed E-state index contributed by atoms with van der Waals surface area (Å²) in [4.78, 5) is 4.81. The minimum Gasteiger partial charge on any atom is -0.286 e. The lowest BCUT2D eigenvalue weighted by atomic mass is 9.91. The van der Waals surface area contributed by atoms with Crippen LogP contribution in [0.5, 0.6) is 0 Å². The Kier molecular flexibility index (Phi) is 3.42. The molecule has 1 heterocycles. The number of hydrogen-bond donors (Lipinski definition) is 0. The predicted molar refractivity (Wildman–Crippen MR) is 70.4 cm³/mol. The van der Waals surface area contributed by atoms with E-state index in [1.165, 1.54) is 35.2 Å². The number of fused-ring (bicyclic) bond motifs is 1. The summed E-state index contributed by atoms with van der Waals surface area (Å²) in [5, 5.41) is 0. The summed E-state index contributed by atoms with van der Waals surface area (Å²) >= 11 is 0. The fraction of sp³-hybridized carbons (Fsp3) is 0.533. The minimum absolute atomic E-state index is 0.459. The molecule has 1 atom stereocenters. The van der Waals surface area contributed by atoms with Crippen molar-refractivity contribution in [3.63, 3.8) is 0 Å². The second kappa shape index (κ2) is 4.82. The van der Waals surface area contributed by atoms with E-state index in [1.807, 2.05) is 0 Å². The van der Waals surface area contributed by atoms with Crippen molar-refractivity contribution in [1.82, 2.24) is 0 Å². The third-order valence-corrected chi connectivity index (χ3v) is 3.23. The number of aliphatic imine (C=N–C) groups is 1. The van der Waals surface area contributed by atoms with Gasteiger partial charge in [-0.25, -0.2) is 0 Å². The largest absolute Gasteiger partial charge is 0.286 e. The Hall–Kier alpha value is -1.11. The van der Waals surface area contributed by atoms with Crippen molar-refractivity contribution in [2.75, 3.05) is 0 Å². The zero-order valence-electron chi connectivity index (χ0n) is 10.6. The van der Waals surface area contributed by atoms with Gasteiger partial charge in [-0.05, 0) is 44.2 Å². The van der Waals surface area contributed by atoms with E-state index in [0.29, 0.717) is 6.04 Å². The smallest absolute Gasteiger partial charge is 0.0515 e. The highest BCUT2D eigenvalue weighted by atomic mass is 14.8. The molecule has 0 fully saturated rings. The SMILES string of the molecule is CCCCC1=NC(C)Cc2cc(C)ccc21. The second-order valence-electron chi connectivity index (χ2n) is 4.89. The maximum atomic E-state index is 4.81. The van der Waals surface area contributed by atoms with E-state index < -0.39 is 0 Å². The van der Waals surface area contributed by atoms with Crippen molar-refractivity contribution in [1.29, 1.82) is 0 Å². The normalized spacial score (nSPS) is 19.2. The van der Waals surface area contributed by atoms with Gasteiger partial charge in [0.2, 0.25) is 0 Å². The maximum absolute atomic E-state index is 4.81. The number of benzene rings is 1. The van der Waals surface area contributed by atoms with E-state index >= 15 is 0 Å². The number of hydrogen-bond acceptors (Lipinski definition) is 1. The van der Waals surface area contributed by atoms with Gasteiger partial charge in [0.05, 0.1) is 6.04 Å². The van der Waals surface area contributed by atoms with E-state index in [4.69, 9.17) is 4.99 Å². The van der Waals surface area contributed by atoms with Crippen LogP contribution in [0, 0.1) is 6.92 Å². The Labute approximate surface area is 98.6 Å². The Morgan fingerprint density at radius 1 is 1.38 bits per heavy atom. The van der Waals surface area contributed by atoms with Gasteiger partial charge in [0.15, 0.2) is 0 Å². The molecule has 1 nitrogen and oxygen atoms in total. The molecule has 2 rings (SSSR count). The van der Waals surface area contributed by atoms with Gasteiger partial charge in [0, 0.05) is 5.71 Å². The Balaban J connectivity index is 2.31. The Morgan fingerprint density at radius 3 is 2.94 bits per heavy atom. The Morgan fingerprint density at radius 2 is 2.19 bits per heavy atom. The molecule has 0 saturated carbocycles. The molecule has 0 radical (unpaired) electrons. The second-order valence-corrected chi connectivity index (χ2v) is 4.89. The molecule has 1 aromatic carbocycles. The van der Waals surface area contributed by atoms with Gasteiger partial charge in [-0.3, -0.25) is 4.99 Å². The van der Waals surface area contributed by atoms with E-state index in [0.717, 1.165) is 12.8 Å². The van der Waals surface area contributed by atoms with E-state index in [-0.39, 0.29) is 0 Å². The first kappa shape index (κ1) is 11.4. The summed E-state index contributed by atoms with van der Waals surface area (Å²) in [6.45, 7) is 6.63. The fourth-order valence-electron chi connectivity index (χ4n) is 2.42. The van der Waals surface area contributed by atoms with Crippen LogP contribution < -0.4 is 0 Å². The summed E-state index contributed by atoms with van der Waals surface area (Å²) in [6.07, 6.45) is 4.73. The molecule has 0 spiro atoms. The van der Waals surface area contributed by atoms with Gasteiger partial charge in [0.1, 0.15) is 0 Å². The summed E-state index contributed by atoms with van der Waals surface area (Å²) in [7, 11) is 0. The van der Waals surface area contributed by atoms with Gasteiger partial charge in [-0.15, -0.1) is 0 Å². The molecule has 0 aliphatic carbocycles. The number of nitrogens with zero attached hydrogens (tertiary/aromatic N) is 1. The van der Waals surface area contributed by atoms with Crippen molar-refractivity contribution in [3.05, 3.63) is 34.9 Å². The molecule has 86 valence electrons. The van der Waals surface area contributed by atoms with Gasteiger partial charge in [-0.2, -0.15) is 0 Å². The van der Waals surface area contributed by atoms with Crippen molar-refractivity contribution >= 4 is 5.71 Å². The number of aryl methyl sites for hydroxylation is 1. The first-order valence-electron chi connectivity index (χ1n) is 6.37. The summed E-state index contributed by atoms with van der Waals surface area (Å²) in [5.74, 6) is 0. The zero-order valence-corrected chi connectivity index (χ0v) is 10.6. The molecule has 1 unspecified atom stereocenters. The van der Waals surface area contributed by atoms with Crippen LogP contribution in [0.1, 0.15) is 49.8 Å². The third-order valence-electron chi connectivity index (χ3n) is 3.23. The van der Waals surface area contributed by atoms with Crippen LogP contribution in [-0.4, -0.2) is 11.8 Å².